The summed E-state index contributed by atoms with van der Waals surface area (Å²) < 4.78 is 5.25. The lowest BCUT2D eigenvalue weighted by Gasteiger charge is -2.19. The summed E-state index contributed by atoms with van der Waals surface area (Å²) in [5, 5.41) is 3.35. The summed E-state index contributed by atoms with van der Waals surface area (Å²) in [6.45, 7) is 1.92. The number of benzene rings is 1. The van der Waals surface area contributed by atoms with Crippen molar-refractivity contribution in [2.75, 3.05) is 11.9 Å². The molecule has 1 aliphatic rings. The van der Waals surface area contributed by atoms with Gasteiger partial charge in [0.25, 0.3) is 5.91 Å². The predicted molar refractivity (Wildman–Crippen MR) is 50.3 cm³/mol. The fourth-order valence-electron chi connectivity index (χ4n) is 1.28. The molecule has 68 valence electrons. The Morgan fingerprint density at radius 3 is 3.08 bits per heavy atom. The monoisotopic (exact) mass is 197 g/mol. The summed E-state index contributed by atoms with van der Waals surface area (Å²) in [6, 6.07) is 3.48. The molecule has 0 aliphatic carbocycles. The molecule has 0 atom stereocenters. The second-order valence-corrected chi connectivity index (χ2v) is 3.29. The Labute approximate surface area is 80.6 Å². The quantitative estimate of drug-likeness (QED) is 0.691. The zero-order valence-electron chi connectivity index (χ0n) is 7.06. The van der Waals surface area contributed by atoms with Crippen molar-refractivity contribution in [2.45, 2.75) is 6.92 Å². The van der Waals surface area contributed by atoms with Gasteiger partial charge in [0.15, 0.2) is 6.61 Å². The van der Waals surface area contributed by atoms with Gasteiger partial charge in [-0.05, 0) is 19.1 Å². The van der Waals surface area contributed by atoms with Crippen molar-refractivity contribution in [3.63, 3.8) is 0 Å². The highest BCUT2D eigenvalue weighted by molar-refractivity contribution is 6.31. The minimum absolute atomic E-state index is 0.0637. The van der Waals surface area contributed by atoms with Crippen LogP contribution < -0.4 is 10.1 Å². The second kappa shape index (κ2) is 2.92. The van der Waals surface area contributed by atoms with Crippen molar-refractivity contribution in [3.05, 3.63) is 22.7 Å². The Balaban J connectivity index is 2.53. The van der Waals surface area contributed by atoms with Gasteiger partial charge in [0.2, 0.25) is 0 Å². The first-order chi connectivity index (χ1) is 6.18. The molecule has 1 amide bonds. The minimum atomic E-state index is -0.130. The molecule has 1 N–H and O–H groups in total. The summed E-state index contributed by atoms with van der Waals surface area (Å²) in [4.78, 5) is 11.0. The zero-order chi connectivity index (χ0) is 9.42. The largest absolute Gasteiger partial charge is 0.481 e. The van der Waals surface area contributed by atoms with Crippen LogP contribution in [0.4, 0.5) is 5.69 Å². The normalized spacial score (nSPS) is 14.5. The van der Waals surface area contributed by atoms with E-state index in [0.29, 0.717) is 16.5 Å². The standard InChI is InChI=1S/C9H8ClNO2/c1-5-6(10)2-3-7-9(5)13-4-8(12)11-7/h2-3H,4H2,1H3,(H,11,12). The van der Waals surface area contributed by atoms with Gasteiger partial charge in [-0.25, -0.2) is 0 Å². The first-order valence-corrected chi connectivity index (χ1v) is 4.28. The maximum atomic E-state index is 11.0. The number of rotatable bonds is 0. The molecule has 0 aromatic heterocycles. The fourth-order valence-corrected chi connectivity index (χ4v) is 1.42. The van der Waals surface area contributed by atoms with Gasteiger partial charge in [0.05, 0.1) is 5.69 Å². The van der Waals surface area contributed by atoms with Gasteiger partial charge in [-0.3, -0.25) is 4.79 Å². The van der Waals surface area contributed by atoms with Crippen molar-refractivity contribution in [1.82, 2.24) is 0 Å². The third kappa shape index (κ3) is 1.35. The molecule has 2 rings (SSSR count). The number of hydrogen-bond donors (Lipinski definition) is 1. The summed E-state index contributed by atoms with van der Waals surface area (Å²) in [6.07, 6.45) is 0. The highest BCUT2D eigenvalue weighted by Gasteiger charge is 2.18. The lowest BCUT2D eigenvalue weighted by Crippen LogP contribution is -2.25. The van der Waals surface area contributed by atoms with Crippen molar-refractivity contribution >= 4 is 23.2 Å². The molecule has 0 fully saturated rings. The number of ether oxygens (including phenoxy) is 1. The van der Waals surface area contributed by atoms with Gasteiger partial charge in [-0.15, -0.1) is 0 Å². The van der Waals surface area contributed by atoms with Crippen LogP contribution in [0.25, 0.3) is 0 Å². The van der Waals surface area contributed by atoms with Crippen molar-refractivity contribution in [2.24, 2.45) is 0 Å². The average molecular weight is 198 g/mol. The molecule has 13 heavy (non-hydrogen) atoms. The van der Waals surface area contributed by atoms with Crippen LogP contribution >= 0.6 is 11.6 Å². The van der Waals surface area contributed by atoms with Gasteiger partial charge < -0.3 is 10.1 Å². The molecule has 0 saturated heterocycles. The van der Waals surface area contributed by atoms with Crippen molar-refractivity contribution in [3.8, 4) is 5.75 Å². The van der Waals surface area contributed by atoms with Crippen LogP contribution in [0.2, 0.25) is 5.02 Å². The molecule has 1 heterocycles. The summed E-state index contributed by atoms with van der Waals surface area (Å²) in [5.74, 6) is 0.543. The van der Waals surface area contributed by atoms with E-state index in [9.17, 15) is 4.79 Å². The van der Waals surface area contributed by atoms with Gasteiger partial charge in [0, 0.05) is 10.6 Å². The van der Waals surface area contributed by atoms with Crippen molar-refractivity contribution in [1.29, 1.82) is 0 Å². The number of carbonyl (C=O) groups is 1. The highest BCUT2D eigenvalue weighted by Crippen LogP contribution is 2.35. The highest BCUT2D eigenvalue weighted by atomic mass is 35.5. The van der Waals surface area contributed by atoms with Crippen LogP contribution in [0.5, 0.6) is 5.75 Å². The fraction of sp³-hybridized carbons (Fsp3) is 0.222. The van der Waals surface area contributed by atoms with E-state index >= 15 is 0 Å². The average Bonchev–Trinajstić information content (AvgIpc) is 2.12. The first kappa shape index (κ1) is 8.38. The third-order valence-electron chi connectivity index (χ3n) is 1.96. The van der Waals surface area contributed by atoms with Gasteiger partial charge >= 0.3 is 0 Å². The van der Waals surface area contributed by atoms with Gasteiger partial charge in [-0.2, -0.15) is 0 Å². The van der Waals surface area contributed by atoms with Crippen LogP contribution in [0.15, 0.2) is 12.1 Å². The lowest BCUT2D eigenvalue weighted by molar-refractivity contribution is -0.118. The smallest absolute Gasteiger partial charge is 0.262 e. The Morgan fingerprint density at radius 2 is 2.31 bits per heavy atom. The number of fused-ring (bicyclic) bond motifs is 1. The number of carbonyl (C=O) groups excluding carboxylic acids is 1. The molecular formula is C9H8ClNO2. The molecular weight excluding hydrogens is 190 g/mol. The van der Waals surface area contributed by atoms with Gasteiger partial charge in [-0.1, -0.05) is 11.6 Å². The van der Waals surface area contributed by atoms with Gasteiger partial charge in [0.1, 0.15) is 5.75 Å². The minimum Gasteiger partial charge on any atom is -0.481 e. The van der Waals surface area contributed by atoms with E-state index in [1.54, 1.807) is 12.1 Å². The van der Waals surface area contributed by atoms with E-state index in [-0.39, 0.29) is 12.5 Å². The SMILES string of the molecule is Cc1c(Cl)ccc2c1OCC(=O)N2. The molecule has 3 nitrogen and oxygen atoms in total. The molecule has 0 unspecified atom stereocenters. The number of halogens is 1. The van der Waals surface area contributed by atoms with E-state index in [1.807, 2.05) is 6.92 Å². The number of nitrogens with one attached hydrogen (secondary N) is 1. The molecule has 1 aromatic rings. The van der Waals surface area contributed by atoms with Crippen LogP contribution in [-0.4, -0.2) is 12.5 Å². The van der Waals surface area contributed by atoms with Crippen LogP contribution in [0, 0.1) is 6.92 Å². The van der Waals surface area contributed by atoms with E-state index in [2.05, 4.69) is 5.32 Å². The molecule has 0 saturated carbocycles. The summed E-state index contributed by atoms with van der Waals surface area (Å²) in [5.41, 5.74) is 1.55. The van der Waals surface area contributed by atoms with Crippen LogP contribution in [0.1, 0.15) is 5.56 Å². The van der Waals surface area contributed by atoms with Crippen LogP contribution in [0.3, 0.4) is 0 Å². The summed E-state index contributed by atoms with van der Waals surface area (Å²) >= 11 is 5.89. The molecule has 4 heteroatoms. The maximum Gasteiger partial charge on any atom is 0.262 e. The molecule has 0 radical (unpaired) electrons. The van der Waals surface area contributed by atoms with E-state index in [1.165, 1.54) is 0 Å². The number of hydrogen-bond acceptors (Lipinski definition) is 2. The molecule has 0 bridgehead atoms. The number of amides is 1. The topological polar surface area (TPSA) is 38.3 Å². The Hall–Kier alpha value is -1.22. The predicted octanol–water partition coefficient (Wildman–Crippen LogP) is 1.98. The molecule has 1 aliphatic heterocycles. The zero-order valence-corrected chi connectivity index (χ0v) is 7.81. The Kier molecular flexibility index (Phi) is 1.88. The lowest BCUT2D eigenvalue weighted by atomic mass is 10.1. The first-order valence-electron chi connectivity index (χ1n) is 3.90. The van der Waals surface area contributed by atoms with Crippen molar-refractivity contribution < 1.29 is 9.53 Å². The third-order valence-corrected chi connectivity index (χ3v) is 2.37. The maximum absolute atomic E-state index is 11.0. The Morgan fingerprint density at radius 1 is 1.54 bits per heavy atom. The van der Waals surface area contributed by atoms with E-state index in [0.717, 1.165) is 5.56 Å². The van der Waals surface area contributed by atoms with Crippen LogP contribution in [-0.2, 0) is 4.79 Å². The molecule has 0 spiro atoms. The Bertz CT molecular complexity index is 376. The van der Waals surface area contributed by atoms with E-state index in [4.69, 9.17) is 16.3 Å². The summed E-state index contributed by atoms with van der Waals surface area (Å²) in [7, 11) is 0. The molecule has 1 aromatic carbocycles. The second-order valence-electron chi connectivity index (χ2n) is 2.89. The van der Waals surface area contributed by atoms with E-state index < -0.39 is 0 Å². The number of anilines is 1.